The van der Waals surface area contributed by atoms with Crippen molar-refractivity contribution >= 4 is 27.5 Å². The number of benzene rings is 2. The minimum Gasteiger partial charge on any atom is -0.508 e. The van der Waals surface area contributed by atoms with Crippen molar-refractivity contribution in [3.63, 3.8) is 0 Å². The molecule has 8 rings (SSSR count). The third-order valence-electron chi connectivity index (χ3n) is 8.83. The number of ether oxygens (including phenoxy) is 2. The maximum absolute atomic E-state index is 16.2. The molecule has 4 fully saturated rings. The fourth-order valence-corrected chi connectivity index (χ4v) is 6.76. The van der Waals surface area contributed by atoms with Crippen LogP contribution in [-0.4, -0.2) is 81.7 Å². The van der Waals surface area contributed by atoms with Gasteiger partial charge in [-0.15, -0.1) is 12.8 Å². The van der Waals surface area contributed by atoms with E-state index in [1.54, 1.807) is 0 Å². The molecule has 1 aliphatic carbocycles. The fraction of sp³-hybridized carbons (Fsp3) is 0.394. The van der Waals surface area contributed by atoms with Gasteiger partial charge < -0.3 is 29.5 Å². The summed E-state index contributed by atoms with van der Waals surface area (Å²) in [5.74, 6) is 0.845. The number of phenols is 1. The number of terminal acetylenes is 1. The average Bonchev–Trinajstić information content (AvgIpc) is 3.57. The topological polar surface area (TPSA) is 104 Å². The number of fused-ring (bicyclic) bond motifs is 4. The van der Waals surface area contributed by atoms with Gasteiger partial charge in [0, 0.05) is 55.2 Å². The van der Waals surface area contributed by atoms with E-state index < -0.39 is 23.8 Å². The van der Waals surface area contributed by atoms with Crippen LogP contribution in [0.1, 0.15) is 37.7 Å². The average molecular weight is 857 g/mol. The Labute approximate surface area is 287 Å². The Bertz CT molecular complexity index is 1840. The van der Waals surface area contributed by atoms with Crippen LogP contribution in [0.2, 0.25) is 0 Å². The molecule has 9 nitrogen and oxygen atoms in total. The molecular weight excluding hydrogens is 825 g/mol. The number of hydrogen-bond acceptors (Lipinski definition) is 9. The summed E-state index contributed by atoms with van der Waals surface area (Å²) in [6.45, 7) is 2.96. The molecule has 0 unspecified atom stereocenters. The number of alkyl halides is 1. The second kappa shape index (κ2) is 13.1. The van der Waals surface area contributed by atoms with Crippen molar-refractivity contribution in [2.75, 3.05) is 38.3 Å². The summed E-state index contributed by atoms with van der Waals surface area (Å²) in [5, 5.41) is 21.5. The third kappa shape index (κ3) is 5.86. The molecule has 3 saturated heterocycles. The summed E-state index contributed by atoms with van der Waals surface area (Å²) >= 11 is 0. The van der Waals surface area contributed by atoms with Crippen molar-refractivity contribution in [3.8, 4) is 41.2 Å². The van der Waals surface area contributed by atoms with E-state index in [9.17, 15) is 19.0 Å². The van der Waals surface area contributed by atoms with Crippen LogP contribution in [0.25, 0.3) is 32.9 Å². The molecule has 3 aliphatic heterocycles. The smallest absolute Gasteiger partial charge is 0.316 e. The maximum atomic E-state index is 16.2. The number of phenolic OH excluding ortho intramolecular Hbond substituents is 1. The number of hydrogen-bond donors (Lipinski definition) is 2. The number of aromatic nitrogens is 3. The van der Waals surface area contributed by atoms with Gasteiger partial charge in [0.05, 0.1) is 31.0 Å². The van der Waals surface area contributed by atoms with Crippen molar-refractivity contribution < 1.29 is 64.0 Å². The second-order valence-electron chi connectivity index (χ2n) is 11.7. The Balaban J connectivity index is 0.000000318. The predicted molar refractivity (Wildman–Crippen MR) is 162 cm³/mol. The van der Waals surface area contributed by atoms with Gasteiger partial charge >= 0.3 is 6.01 Å². The number of pyridine rings is 1. The van der Waals surface area contributed by atoms with Gasteiger partial charge in [-0.25, -0.2) is 24.2 Å². The van der Waals surface area contributed by atoms with E-state index >= 15 is 4.39 Å². The van der Waals surface area contributed by atoms with Crippen molar-refractivity contribution in [2.24, 2.45) is 0 Å². The first-order valence-electron chi connectivity index (χ1n) is 15.0. The molecule has 4 aliphatic rings. The number of nitrogens with zero attached hydrogens (tertiary/aromatic N) is 5. The standard InChI is InChI=1S/C26H20F2N4O4.C7H11FN.U/c1-3-14-16(27)6-5-12-9-13(33)10-15(19(12)14)22-21(28)23-20(25(29-22)35-2)24(31-26(34)30-23)32-7-4-8-36-18-11-17(18)32;8-6-4-7-2-1-3-9(7)5-6;/h1,5-6,9-10,17-18,33H,4,7-8,11H2,2H3,(H,30,31,34);6H,1-5H2;/q;-1;/t17-,18+;6-;/m11./s1. The van der Waals surface area contributed by atoms with Gasteiger partial charge in [0.15, 0.2) is 5.82 Å². The van der Waals surface area contributed by atoms with Crippen LogP contribution in [0, 0.1) is 61.1 Å². The van der Waals surface area contributed by atoms with Crippen LogP contribution in [0.5, 0.6) is 17.6 Å². The molecule has 4 aromatic rings. The van der Waals surface area contributed by atoms with Crippen molar-refractivity contribution in [1.29, 1.82) is 0 Å². The van der Waals surface area contributed by atoms with E-state index in [-0.39, 0.29) is 88.0 Å². The minimum absolute atomic E-state index is 0. The number of anilines is 1. The molecule has 0 spiro atoms. The van der Waals surface area contributed by atoms with Crippen molar-refractivity contribution in [2.45, 2.75) is 50.4 Å². The van der Waals surface area contributed by atoms with E-state index in [0.29, 0.717) is 30.9 Å². The molecular formula is C33H31F3N5O4U-. The van der Waals surface area contributed by atoms with Crippen LogP contribution in [0.4, 0.5) is 19.0 Å². The summed E-state index contributed by atoms with van der Waals surface area (Å²) in [6, 6.07) is 6.05. The maximum Gasteiger partial charge on any atom is 0.316 e. The molecule has 1 saturated carbocycles. The van der Waals surface area contributed by atoms with Crippen molar-refractivity contribution in [1.82, 2.24) is 19.9 Å². The largest absolute Gasteiger partial charge is 0.508 e. The van der Waals surface area contributed by atoms with Gasteiger partial charge in [0.1, 0.15) is 34.0 Å². The van der Waals surface area contributed by atoms with Gasteiger partial charge in [0.25, 0.3) is 0 Å². The Hall–Kier alpha value is -3.29. The molecule has 0 radical (unpaired) electrons. The number of aromatic hydroxyl groups is 2. The van der Waals surface area contributed by atoms with Gasteiger partial charge in [-0.1, -0.05) is 18.4 Å². The van der Waals surface area contributed by atoms with E-state index in [1.807, 2.05) is 4.90 Å². The molecule has 5 heterocycles. The van der Waals surface area contributed by atoms with E-state index in [2.05, 4.69) is 25.8 Å². The summed E-state index contributed by atoms with van der Waals surface area (Å²) in [7, 11) is 1.37. The normalized spacial score (nSPS) is 22.3. The summed E-state index contributed by atoms with van der Waals surface area (Å²) in [4.78, 5) is 16.7. The number of methoxy groups -OCH3 is 1. The van der Waals surface area contributed by atoms with E-state index in [0.717, 1.165) is 32.2 Å². The molecule has 0 amide bonds. The zero-order valence-corrected chi connectivity index (χ0v) is 29.2. The summed E-state index contributed by atoms with van der Waals surface area (Å²) in [6.07, 6.45) is 9.71. The monoisotopic (exact) mass is 856 g/mol. The Morgan fingerprint density at radius 1 is 1.11 bits per heavy atom. The Morgan fingerprint density at radius 3 is 2.70 bits per heavy atom. The predicted octanol–water partition coefficient (Wildman–Crippen LogP) is 5.25. The summed E-state index contributed by atoms with van der Waals surface area (Å²) < 4.78 is 54.7. The Morgan fingerprint density at radius 2 is 1.93 bits per heavy atom. The molecule has 238 valence electrons. The molecule has 2 aromatic heterocycles. The number of halogens is 3. The van der Waals surface area contributed by atoms with Crippen LogP contribution in [-0.2, 0) is 4.74 Å². The van der Waals surface area contributed by atoms with Crippen LogP contribution < -0.4 is 9.64 Å². The minimum atomic E-state index is -0.901. The van der Waals surface area contributed by atoms with Gasteiger partial charge in [-0.05, 0) is 49.5 Å². The zero-order valence-electron chi connectivity index (χ0n) is 25.1. The third-order valence-corrected chi connectivity index (χ3v) is 8.83. The van der Waals surface area contributed by atoms with E-state index in [4.69, 9.17) is 15.9 Å². The molecule has 13 heteroatoms. The molecule has 0 bridgehead atoms. The van der Waals surface area contributed by atoms with Gasteiger partial charge in [-0.3, -0.25) is 0 Å². The molecule has 2 N–H and O–H groups in total. The van der Waals surface area contributed by atoms with Gasteiger partial charge in [0.2, 0.25) is 5.88 Å². The SMILES string of the molecule is C#Cc1c(F)ccc2cc(O)cc(-c3nc(OC)c4c(N5CCCO[C@H]6C[C@H]65)nc(O)nc4c3F)c12.F[C@@H]1C[C-]2CCCN2C1.[U]. The Kier molecular flexibility index (Phi) is 9.28. The molecule has 2 aromatic carbocycles. The zero-order chi connectivity index (χ0) is 31.4. The molecule has 3 atom stereocenters. The fourth-order valence-electron chi connectivity index (χ4n) is 6.76. The molecule has 46 heavy (non-hydrogen) atoms. The van der Waals surface area contributed by atoms with Crippen LogP contribution >= 0.6 is 0 Å². The van der Waals surface area contributed by atoms with Gasteiger partial charge in [-0.2, -0.15) is 16.4 Å². The van der Waals surface area contributed by atoms with Crippen LogP contribution in [0.3, 0.4) is 0 Å². The second-order valence-corrected chi connectivity index (χ2v) is 11.7. The van der Waals surface area contributed by atoms with Crippen LogP contribution in [0.15, 0.2) is 24.3 Å². The van der Waals surface area contributed by atoms with Crippen molar-refractivity contribution in [3.05, 3.63) is 47.5 Å². The number of rotatable bonds is 3. The quantitative estimate of drug-likeness (QED) is 0.212. The summed E-state index contributed by atoms with van der Waals surface area (Å²) in [5.41, 5.74) is -0.537. The van der Waals surface area contributed by atoms with E-state index in [1.165, 1.54) is 43.8 Å². The first-order valence-corrected chi connectivity index (χ1v) is 15.0. The first-order chi connectivity index (χ1) is 21.8. The first kappa shape index (κ1) is 32.6.